The number of anilines is 1. The highest BCUT2D eigenvalue weighted by Gasteiger charge is 2.12. The third-order valence-electron chi connectivity index (χ3n) is 2.66. The monoisotopic (exact) mass is 403 g/mol. The number of nitrogens with zero attached hydrogens (tertiary/aromatic N) is 2. The van der Waals surface area contributed by atoms with Gasteiger partial charge in [-0.3, -0.25) is 10.1 Å². The minimum Gasteiger partial charge on any atom is -0.494 e. The molecule has 2 rings (SSSR count). The second-order valence-corrected chi connectivity index (χ2v) is 7.15. The first-order chi connectivity index (χ1) is 10.5. The number of hydrogen-bond acceptors (Lipinski definition) is 5. The molecule has 0 saturated carbocycles. The molecule has 1 amide bonds. The molecule has 22 heavy (non-hydrogen) atoms. The first-order valence-corrected chi connectivity index (χ1v) is 8.75. The van der Waals surface area contributed by atoms with Crippen molar-refractivity contribution in [3.63, 3.8) is 0 Å². The van der Waals surface area contributed by atoms with Crippen LogP contribution >= 0.6 is 38.9 Å². The average molecular weight is 405 g/mol. The Hall–Kier alpha value is -1.18. The second-order valence-electron chi connectivity index (χ2n) is 4.52. The molecule has 1 aromatic carbocycles. The van der Waals surface area contributed by atoms with Gasteiger partial charge >= 0.3 is 0 Å². The second kappa shape index (κ2) is 8.45. The van der Waals surface area contributed by atoms with E-state index in [1.54, 1.807) is 6.92 Å². The standard InChI is InChI=1S/C14H15BrClN3O2S/c1-9(16)13(20)17-14-19-18-12(22-14)6-3-7-21-11-5-2-4-10(15)8-11/h2,4-5,8-9H,3,6-7H2,1H3,(H,17,19,20). The molecule has 0 aliphatic carbocycles. The van der Waals surface area contributed by atoms with Gasteiger partial charge in [0.15, 0.2) is 0 Å². The molecule has 0 spiro atoms. The Labute approximate surface area is 146 Å². The van der Waals surface area contributed by atoms with Gasteiger partial charge in [-0.25, -0.2) is 0 Å². The Morgan fingerprint density at radius 3 is 3.05 bits per heavy atom. The molecule has 0 fully saturated rings. The van der Waals surface area contributed by atoms with Crippen molar-refractivity contribution in [3.05, 3.63) is 33.7 Å². The summed E-state index contributed by atoms with van der Waals surface area (Å²) in [6.07, 6.45) is 1.57. The lowest BCUT2D eigenvalue weighted by atomic mass is 10.3. The number of halogens is 2. The molecule has 1 aromatic heterocycles. The quantitative estimate of drug-likeness (QED) is 0.562. The van der Waals surface area contributed by atoms with Gasteiger partial charge in [0, 0.05) is 10.9 Å². The molecule has 0 aliphatic rings. The van der Waals surface area contributed by atoms with Gasteiger partial charge in [-0.1, -0.05) is 33.3 Å². The highest BCUT2D eigenvalue weighted by molar-refractivity contribution is 9.10. The summed E-state index contributed by atoms with van der Waals surface area (Å²) in [4.78, 5) is 11.4. The average Bonchev–Trinajstić information content (AvgIpc) is 2.91. The van der Waals surface area contributed by atoms with E-state index in [2.05, 4.69) is 31.4 Å². The largest absolute Gasteiger partial charge is 0.494 e. The van der Waals surface area contributed by atoms with E-state index in [1.165, 1.54) is 11.3 Å². The third kappa shape index (κ3) is 5.55. The number of carbonyl (C=O) groups is 1. The van der Waals surface area contributed by atoms with Crippen LogP contribution in [0, 0.1) is 0 Å². The van der Waals surface area contributed by atoms with Crippen molar-refractivity contribution in [2.24, 2.45) is 0 Å². The zero-order valence-corrected chi connectivity index (χ0v) is 15.0. The van der Waals surface area contributed by atoms with E-state index >= 15 is 0 Å². The third-order valence-corrected chi connectivity index (χ3v) is 4.25. The lowest BCUT2D eigenvalue weighted by Gasteiger charge is -2.05. The fourth-order valence-corrected chi connectivity index (χ4v) is 2.80. The first kappa shape index (κ1) is 17.2. The maximum Gasteiger partial charge on any atom is 0.243 e. The number of alkyl halides is 1. The Morgan fingerprint density at radius 1 is 1.50 bits per heavy atom. The Balaban J connectivity index is 1.73. The molecule has 1 heterocycles. The predicted octanol–water partition coefficient (Wildman–Crippen LogP) is 3.88. The Morgan fingerprint density at radius 2 is 2.32 bits per heavy atom. The summed E-state index contributed by atoms with van der Waals surface area (Å²) in [6.45, 7) is 2.20. The highest BCUT2D eigenvalue weighted by atomic mass is 79.9. The van der Waals surface area contributed by atoms with Crippen LogP contribution in [0.25, 0.3) is 0 Å². The molecule has 5 nitrogen and oxygen atoms in total. The summed E-state index contributed by atoms with van der Waals surface area (Å²) in [5.74, 6) is 0.554. The van der Waals surface area contributed by atoms with Crippen molar-refractivity contribution in [1.82, 2.24) is 10.2 Å². The van der Waals surface area contributed by atoms with Crippen molar-refractivity contribution in [2.75, 3.05) is 11.9 Å². The molecule has 0 bridgehead atoms. The molecule has 0 aliphatic heterocycles. The van der Waals surface area contributed by atoms with E-state index < -0.39 is 5.38 Å². The molecule has 118 valence electrons. The minimum absolute atomic E-state index is 0.276. The van der Waals surface area contributed by atoms with E-state index in [0.717, 1.165) is 28.1 Å². The number of aromatic nitrogens is 2. The predicted molar refractivity (Wildman–Crippen MR) is 91.8 cm³/mol. The molecular formula is C14H15BrClN3O2S. The van der Waals surface area contributed by atoms with Crippen LogP contribution in [-0.4, -0.2) is 28.1 Å². The van der Waals surface area contributed by atoms with Crippen molar-refractivity contribution < 1.29 is 9.53 Å². The number of hydrogen-bond donors (Lipinski definition) is 1. The van der Waals surface area contributed by atoms with E-state index in [1.807, 2.05) is 24.3 Å². The summed E-state index contributed by atoms with van der Waals surface area (Å²) < 4.78 is 6.64. The summed E-state index contributed by atoms with van der Waals surface area (Å²) in [7, 11) is 0. The van der Waals surface area contributed by atoms with Crippen molar-refractivity contribution in [3.8, 4) is 5.75 Å². The van der Waals surface area contributed by atoms with E-state index in [9.17, 15) is 4.79 Å². The number of ether oxygens (including phenoxy) is 1. The minimum atomic E-state index is -0.592. The molecule has 1 N–H and O–H groups in total. The molecule has 2 aromatic rings. The molecule has 8 heteroatoms. The van der Waals surface area contributed by atoms with Crippen LogP contribution in [-0.2, 0) is 11.2 Å². The Bertz CT molecular complexity index is 636. The van der Waals surface area contributed by atoms with Crippen LogP contribution in [0.2, 0.25) is 0 Å². The van der Waals surface area contributed by atoms with Gasteiger partial charge in [0.05, 0.1) is 6.61 Å². The van der Waals surface area contributed by atoms with Gasteiger partial charge < -0.3 is 4.74 Å². The van der Waals surface area contributed by atoms with E-state index in [-0.39, 0.29) is 5.91 Å². The highest BCUT2D eigenvalue weighted by Crippen LogP contribution is 2.19. The van der Waals surface area contributed by atoms with Gasteiger partial charge in [0.1, 0.15) is 16.1 Å². The van der Waals surface area contributed by atoms with Crippen molar-refractivity contribution in [1.29, 1.82) is 0 Å². The van der Waals surface area contributed by atoms with Crippen LogP contribution < -0.4 is 10.1 Å². The van der Waals surface area contributed by atoms with Gasteiger partial charge in [-0.05, 0) is 31.5 Å². The number of amides is 1. The lowest BCUT2D eigenvalue weighted by Crippen LogP contribution is -2.20. The van der Waals surface area contributed by atoms with Crippen LogP contribution in [0.1, 0.15) is 18.4 Å². The van der Waals surface area contributed by atoms with Crippen LogP contribution in [0.5, 0.6) is 5.75 Å². The lowest BCUT2D eigenvalue weighted by molar-refractivity contribution is -0.115. The molecule has 0 radical (unpaired) electrons. The van der Waals surface area contributed by atoms with Crippen molar-refractivity contribution >= 4 is 49.9 Å². The number of benzene rings is 1. The smallest absolute Gasteiger partial charge is 0.243 e. The van der Waals surface area contributed by atoms with E-state index in [0.29, 0.717) is 11.7 Å². The van der Waals surface area contributed by atoms with E-state index in [4.69, 9.17) is 16.3 Å². The normalized spacial score (nSPS) is 12.0. The summed E-state index contributed by atoms with van der Waals surface area (Å²) in [5, 5.41) is 11.3. The van der Waals surface area contributed by atoms with Crippen LogP contribution in [0.15, 0.2) is 28.7 Å². The number of aryl methyl sites for hydroxylation is 1. The molecule has 0 saturated heterocycles. The maximum absolute atomic E-state index is 11.4. The van der Waals surface area contributed by atoms with Gasteiger partial charge in [-0.15, -0.1) is 21.8 Å². The zero-order valence-electron chi connectivity index (χ0n) is 11.9. The molecule has 1 atom stereocenters. The van der Waals surface area contributed by atoms with Gasteiger partial charge in [0.2, 0.25) is 11.0 Å². The van der Waals surface area contributed by atoms with Crippen LogP contribution in [0.3, 0.4) is 0 Å². The zero-order chi connectivity index (χ0) is 15.9. The molecule has 1 unspecified atom stereocenters. The summed E-state index contributed by atoms with van der Waals surface area (Å²) in [6, 6.07) is 7.71. The summed E-state index contributed by atoms with van der Waals surface area (Å²) in [5.41, 5.74) is 0. The van der Waals surface area contributed by atoms with Crippen LogP contribution in [0.4, 0.5) is 5.13 Å². The number of carbonyl (C=O) groups excluding carboxylic acids is 1. The fraction of sp³-hybridized carbons (Fsp3) is 0.357. The molecular weight excluding hydrogens is 390 g/mol. The van der Waals surface area contributed by atoms with Gasteiger partial charge in [-0.2, -0.15) is 0 Å². The Kier molecular flexibility index (Phi) is 6.60. The fourth-order valence-electron chi connectivity index (χ4n) is 1.58. The maximum atomic E-state index is 11.4. The first-order valence-electron chi connectivity index (χ1n) is 6.70. The van der Waals surface area contributed by atoms with Crippen molar-refractivity contribution in [2.45, 2.75) is 25.1 Å². The van der Waals surface area contributed by atoms with Gasteiger partial charge in [0.25, 0.3) is 0 Å². The number of rotatable bonds is 7. The topological polar surface area (TPSA) is 64.1 Å². The summed E-state index contributed by atoms with van der Waals surface area (Å²) >= 11 is 10.4. The number of nitrogens with one attached hydrogen (secondary N) is 1. The SMILES string of the molecule is CC(Cl)C(=O)Nc1nnc(CCCOc2cccc(Br)c2)s1.